The number of hydrogen-bond donors (Lipinski definition) is 1. The van der Waals surface area contributed by atoms with E-state index in [9.17, 15) is 0 Å². The van der Waals surface area contributed by atoms with Crippen molar-refractivity contribution in [3.63, 3.8) is 0 Å². The Bertz CT molecular complexity index is 598. The number of halogens is 1. The third-order valence-electron chi connectivity index (χ3n) is 4.19. The van der Waals surface area contributed by atoms with Crippen molar-refractivity contribution < 1.29 is 0 Å². The lowest BCUT2D eigenvalue weighted by Crippen LogP contribution is -2.38. The number of rotatable bonds is 5. The Hall–Kier alpha value is -0.650. The van der Waals surface area contributed by atoms with Crippen molar-refractivity contribution in [2.45, 2.75) is 38.6 Å². The van der Waals surface area contributed by atoms with Gasteiger partial charge in [0.1, 0.15) is 0 Å². The number of hydrogen-bond acceptors (Lipinski definition) is 4. The standard InChI is InChI=1S/C16H22BrN3S/c1-12-5-2-3-9-20(12)10-4-8-18-16-19-14-7-6-13(17)11-15(14)21-16/h6-7,11-12H,2-5,8-10H2,1H3,(H,18,19). The first-order valence-electron chi connectivity index (χ1n) is 7.76. The molecule has 3 rings (SSSR count). The second-order valence-electron chi connectivity index (χ2n) is 5.79. The summed E-state index contributed by atoms with van der Waals surface area (Å²) in [7, 11) is 0. The molecule has 0 saturated carbocycles. The van der Waals surface area contributed by atoms with Crippen molar-refractivity contribution in [1.29, 1.82) is 0 Å². The molecule has 2 aromatic rings. The van der Waals surface area contributed by atoms with Crippen LogP contribution in [0.5, 0.6) is 0 Å². The Morgan fingerprint density at radius 3 is 3.19 bits per heavy atom. The lowest BCUT2D eigenvalue weighted by atomic mass is 10.0. The number of nitrogens with zero attached hydrogens (tertiary/aromatic N) is 2. The summed E-state index contributed by atoms with van der Waals surface area (Å²) in [6.45, 7) is 5.84. The molecule has 1 aromatic carbocycles. The van der Waals surface area contributed by atoms with Crippen LogP contribution < -0.4 is 5.32 Å². The summed E-state index contributed by atoms with van der Waals surface area (Å²) >= 11 is 5.24. The molecular formula is C16H22BrN3S. The first kappa shape index (κ1) is 15.3. The van der Waals surface area contributed by atoms with Gasteiger partial charge in [0, 0.05) is 23.6 Å². The highest BCUT2D eigenvalue weighted by Crippen LogP contribution is 2.28. The van der Waals surface area contributed by atoms with Gasteiger partial charge in [-0.2, -0.15) is 0 Å². The molecule has 1 N–H and O–H groups in total. The maximum atomic E-state index is 4.63. The zero-order valence-corrected chi connectivity index (χ0v) is 14.8. The minimum Gasteiger partial charge on any atom is -0.361 e. The number of thiazole rings is 1. The molecule has 21 heavy (non-hydrogen) atoms. The number of aromatic nitrogens is 1. The second-order valence-corrected chi connectivity index (χ2v) is 7.74. The topological polar surface area (TPSA) is 28.2 Å². The van der Waals surface area contributed by atoms with Gasteiger partial charge in [0.15, 0.2) is 5.13 Å². The van der Waals surface area contributed by atoms with E-state index < -0.39 is 0 Å². The molecule has 0 amide bonds. The Morgan fingerprint density at radius 2 is 2.33 bits per heavy atom. The van der Waals surface area contributed by atoms with Crippen LogP contribution in [0.25, 0.3) is 10.2 Å². The lowest BCUT2D eigenvalue weighted by Gasteiger charge is -2.33. The van der Waals surface area contributed by atoms with Gasteiger partial charge in [-0.1, -0.05) is 33.7 Å². The molecule has 1 saturated heterocycles. The zero-order valence-electron chi connectivity index (χ0n) is 12.4. The van der Waals surface area contributed by atoms with Crippen molar-refractivity contribution in [2.75, 3.05) is 25.0 Å². The Balaban J connectivity index is 1.48. The van der Waals surface area contributed by atoms with Crippen molar-refractivity contribution in [3.8, 4) is 0 Å². The maximum Gasteiger partial charge on any atom is 0.183 e. The van der Waals surface area contributed by atoms with Crippen LogP contribution in [0.1, 0.15) is 32.6 Å². The second kappa shape index (κ2) is 7.07. The van der Waals surface area contributed by atoms with Crippen molar-refractivity contribution in [3.05, 3.63) is 22.7 Å². The van der Waals surface area contributed by atoms with Gasteiger partial charge in [-0.15, -0.1) is 0 Å². The largest absolute Gasteiger partial charge is 0.361 e. The van der Waals surface area contributed by atoms with E-state index in [2.05, 4.69) is 50.2 Å². The molecule has 1 fully saturated rings. The van der Waals surface area contributed by atoms with Crippen LogP contribution in [0.15, 0.2) is 22.7 Å². The minimum atomic E-state index is 0.763. The number of piperidine rings is 1. The SMILES string of the molecule is CC1CCCCN1CCCNc1nc2ccc(Br)cc2s1. The fraction of sp³-hybridized carbons (Fsp3) is 0.562. The molecule has 3 nitrogen and oxygen atoms in total. The zero-order chi connectivity index (χ0) is 14.7. The third-order valence-corrected chi connectivity index (χ3v) is 5.66. The van der Waals surface area contributed by atoms with E-state index in [0.717, 1.165) is 27.7 Å². The summed E-state index contributed by atoms with van der Waals surface area (Å²) in [5, 5.41) is 4.51. The van der Waals surface area contributed by atoms with E-state index in [1.807, 2.05) is 6.07 Å². The summed E-state index contributed by atoms with van der Waals surface area (Å²) < 4.78 is 2.35. The van der Waals surface area contributed by atoms with E-state index in [-0.39, 0.29) is 0 Å². The first-order valence-corrected chi connectivity index (χ1v) is 9.37. The predicted octanol–water partition coefficient (Wildman–Crippen LogP) is 4.74. The smallest absolute Gasteiger partial charge is 0.183 e. The third kappa shape index (κ3) is 3.96. The number of fused-ring (bicyclic) bond motifs is 1. The Kier molecular flexibility index (Phi) is 5.14. The minimum absolute atomic E-state index is 0.763. The van der Waals surface area contributed by atoms with Gasteiger partial charge < -0.3 is 10.2 Å². The highest BCUT2D eigenvalue weighted by atomic mass is 79.9. The molecule has 1 aliphatic heterocycles. The number of likely N-dealkylation sites (tertiary alicyclic amines) is 1. The highest BCUT2D eigenvalue weighted by Gasteiger charge is 2.17. The molecule has 2 heterocycles. The Morgan fingerprint density at radius 1 is 1.43 bits per heavy atom. The number of benzene rings is 1. The number of nitrogens with one attached hydrogen (secondary N) is 1. The van der Waals surface area contributed by atoms with Crippen molar-refractivity contribution in [2.24, 2.45) is 0 Å². The van der Waals surface area contributed by atoms with Crippen molar-refractivity contribution >= 4 is 42.6 Å². The van der Waals surface area contributed by atoms with Gasteiger partial charge >= 0.3 is 0 Å². The van der Waals surface area contributed by atoms with Crippen LogP contribution in [0.4, 0.5) is 5.13 Å². The molecule has 0 spiro atoms. The summed E-state index contributed by atoms with van der Waals surface area (Å²) in [4.78, 5) is 7.25. The van der Waals surface area contributed by atoms with E-state index in [1.165, 1.54) is 43.5 Å². The van der Waals surface area contributed by atoms with E-state index in [1.54, 1.807) is 11.3 Å². The summed E-state index contributed by atoms with van der Waals surface area (Å²) in [6.07, 6.45) is 5.31. The van der Waals surface area contributed by atoms with Crippen LogP contribution >= 0.6 is 27.3 Å². The number of anilines is 1. The quantitative estimate of drug-likeness (QED) is 0.773. The van der Waals surface area contributed by atoms with Crippen LogP contribution in [0, 0.1) is 0 Å². The normalized spacial score (nSPS) is 20.0. The monoisotopic (exact) mass is 367 g/mol. The molecule has 0 radical (unpaired) electrons. The average molecular weight is 368 g/mol. The van der Waals surface area contributed by atoms with E-state index in [0.29, 0.717) is 0 Å². The molecular weight excluding hydrogens is 346 g/mol. The van der Waals surface area contributed by atoms with E-state index >= 15 is 0 Å². The van der Waals surface area contributed by atoms with Gasteiger partial charge in [0.25, 0.3) is 0 Å². The van der Waals surface area contributed by atoms with E-state index in [4.69, 9.17) is 0 Å². The van der Waals surface area contributed by atoms with Crippen molar-refractivity contribution in [1.82, 2.24) is 9.88 Å². The van der Waals surface area contributed by atoms with Gasteiger partial charge in [-0.05, 0) is 50.9 Å². The fourth-order valence-electron chi connectivity index (χ4n) is 2.94. The van der Waals surface area contributed by atoms with Gasteiger partial charge in [0.05, 0.1) is 10.2 Å². The van der Waals surface area contributed by atoms with Crippen LogP contribution in [-0.2, 0) is 0 Å². The predicted molar refractivity (Wildman–Crippen MR) is 95.3 cm³/mol. The maximum absolute atomic E-state index is 4.63. The average Bonchev–Trinajstić information content (AvgIpc) is 2.87. The summed E-state index contributed by atoms with van der Waals surface area (Å²) in [6, 6.07) is 7.01. The van der Waals surface area contributed by atoms with Gasteiger partial charge in [0.2, 0.25) is 0 Å². The Labute approximate surface area is 138 Å². The molecule has 0 aliphatic carbocycles. The molecule has 1 unspecified atom stereocenters. The van der Waals surface area contributed by atoms with Crippen LogP contribution in [-0.4, -0.2) is 35.6 Å². The highest BCUT2D eigenvalue weighted by molar-refractivity contribution is 9.10. The molecule has 1 aliphatic rings. The van der Waals surface area contributed by atoms with Gasteiger partial charge in [-0.25, -0.2) is 4.98 Å². The molecule has 0 bridgehead atoms. The van der Waals surface area contributed by atoms with Crippen LogP contribution in [0.3, 0.4) is 0 Å². The summed E-state index contributed by atoms with van der Waals surface area (Å²) in [5.74, 6) is 0. The van der Waals surface area contributed by atoms with Gasteiger partial charge in [-0.3, -0.25) is 0 Å². The van der Waals surface area contributed by atoms with Crippen LogP contribution in [0.2, 0.25) is 0 Å². The first-order chi connectivity index (χ1) is 10.2. The molecule has 1 atom stereocenters. The lowest BCUT2D eigenvalue weighted by molar-refractivity contribution is 0.160. The molecule has 1 aromatic heterocycles. The fourth-order valence-corrected chi connectivity index (χ4v) is 4.38. The summed E-state index contributed by atoms with van der Waals surface area (Å²) in [5.41, 5.74) is 1.08. The molecule has 5 heteroatoms. The molecule has 114 valence electrons.